The van der Waals surface area contributed by atoms with Crippen molar-refractivity contribution in [3.05, 3.63) is 17.5 Å². The first-order valence-corrected chi connectivity index (χ1v) is 6.81. The van der Waals surface area contributed by atoms with Crippen LogP contribution in [0.25, 0.3) is 0 Å². The van der Waals surface area contributed by atoms with Crippen molar-refractivity contribution in [2.45, 2.75) is 40.0 Å². The van der Waals surface area contributed by atoms with Crippen LogP contribution in [0.2, 0.25) is 0 Å². The molecule has 0 unspecified atom stereocenters. The zero-order valence-electron chi connectivity index (χ0n) is 12.4. The highest BCUT2D eigenvalue weighted by atomic mass is 16.2. The summed E-state index contributed by atoms with van der Waals surface area (Å²) < 4.78 is 1.67. The minimum absolute atomic E-state index is 0.00697. The number of aromatic nitrogens is 2. The molecule has 5 nitrogen and oxygen atoms in total. The van der Waals surface area contributed by atoms with Crippen LogP contribution in [-0.4, -0.2) is 33.9 Å². The summed E-state index contributed by atoms with van der Waals surface area (Å²) in [5, 5.41) is 16.1. The lowest BCUT2D eigenvalue weighted by Crippen LogP contribution is -2.34. The van der Waals surface area contributed by atoms with Gasteiger partial charge in [-0.3, -0.25) is 9.48 Å². The SMILES string of the molecule is CCc1nn(C)cc1C(=O)NCC(C)(C)CCCO. The maximum Gasteiger partial charge on any atom is 0.254 e. The Balaban J connectivity index is 2.60. The Hall–Kier alpha value is -1.36. The van der Waals surface area contributed by atoms with Gasteiger partial charge in [0.1, 0.15) is 0 Å². The molecule has 0 radical (unpaired) electrons. The Bertz CT molecular complexity index is 424. The number of rotatable bonds is 7. The van der Waals surface area contributed by atoms with Gasteiger partial charge in [-0.25, -0.2) is 0 Å². The lowest BCUT2D eigenvalue weighted by atomic mass is 9.88. The molecule has 0 fully saturated rings. The molecule has 0 aliphatic rings. The summed E-state index contributed by atoms with van der Waals surface area (Å²) >= 11 is 0. The van der Waals surface area contributed by atoms with Gasteiger partial charge in [-0.05, 0) is 24.7 Å². The third kappa shape index (κ3) is 4.67. The molecule has 5 heteroatoms. The van der Waals surface area contributed by atoms with E-state index in [1.807, 2.05) is 14.0 Å². The molecule has 108 valence electrons. The van der Waals surface area contributed by atoms with Gasteiger partial charge in [0.15, 0.2) is 0 Å². The van der Waals surface area contributed by atoms with Crippen LogP contribution in [0, 0.1) is 5.41 Å². The minimum Gasteiger partial charge on any atom is -0.396 e. The Morgan fingerprint density at radius 1 is 1.53 bits per heavy atom. The lowest BCUT2D eigenvalue weighted by molar-refractivity contribution is 0.0932. The average Bonchev–Trinajstić information content (AvgIpc) is 2.75. The van der Waals surface area contributed by atoms with E-state index in [-0.39, 0.29) is 17.9 Å². The van der Waals surface area contributed by atoms with Crippen molar-refractivity contribution in [2.75, 3.05) is 13.2 Å². The van der Waals surface area contributed by atoms with Gasteiger partial charge >= 0.3 is 0 Å². The molecular weight excluding hydrogens is 242 g/mol. The Labute approximate surface area is 115 Å². The number of aryl methyl sites for hydroxylation is 2. The van der Waals surface area contributed by atoms with Gasteiger partial charge in [-0.15, -0.1) is 0 Å². The van der Waals surface area contributed by atoms with Gasteiger partial charge in [-0.2, -0.15) is 5.10 Å². The quantitative estimate of drug-likeness (QED) is 0.787. The first-order chi connectivity index (χ1) is 8.89. The maximum atomic E-state index is 12.1. The third-order valence-electron chi connectivity index (χ3n) is 3.22. The molecule has 1 aromatic heterocycles. The van der Waals surface area contributed by atoms with Crippen LogP contribution in [0.5, 0.6) is 0 Å². The molecular formula is C14H25N3O2. The molecule has 2 N–H and O–H groups in total. The van der Waals surface area contributed by atoms with E-state index in [1.165, 1.54) is 0 Å². The Kier molecular flexibility index (Phi) is 5.54. The summed E-state index contributed by atoms with van der Waals surface area (Å²) in [6.07, 6.45) is 4.15. The molecule has 1 aromatic rings. The molecule has 1 rings (SSSR count). The maximum absolute atomic E-state index is 12.1. The predicted molar refractivity (Wildman–Crippen MR) is 75.0 cm³/mol. The Morgan fingerprint density at radius 3 is 2.79 bits per heavy atom. The summed E-state index contributed by atoms with van der Waals surface area (Å²) in [7, 11) is 1.82. The molecule has 0 atom stereocenters. The monoisotopic (exact) mass is 267 g/mol. The largest absolute Gasteiger partial charge is 0.396 e. The van der Waals surface area contributed by atoms with E-state index in [0.717, 1.165) is 25.0 Å². The molecule has 0 aliphatic heterocycles. The van der Waals surface area contributed by atoms with Crippen molar-refractivity contribution in [3.8, 4) is 0 Å². The number of aliphatic hydroxyl groups excluding tert-OH is 1. The van der Waals surface area contributed by atoms with E-state index in [4.69, 9.17) is 5.11 Å². The van der Waals surface area contributed by atoms with E-state index >= 15 is 0 Å². The highest BCUT2D eigenvalue weighted by molar-refractivity contribution is 5.95. The number of hydrogen-bond acceptors (Lipinski definition) is 3. The fourth-order valence-electron chi connectivity index (χ4n) is 2.05. The van der Waals surface area contributed by atoms with E-state index in [9.17, 15) is 4.79 Å². The number of amides is 1. The third-order valence-corrected chi connectivity index (χ3v) is 3.22. The highest BCUT2D eigenvalue weighted by Gasteiger charge is 2.20. The predicted octanol–water partition coefficient (Wildman–Crippen LogP) is 1.51. The summed E-state index contributed by atoms with van der Waals surface area (Å²) in [6.45, 7) is 6.97. The van der Waals surface area contributed by atoms with Gasteiger partial charge in [0, 0.05) is 26.4 Å². The molecule has 1 amide bonds. The number of hydrogen-bond donors (Lipinski definition) is 2. The van der Waals surface area contributed by atoms with E-state index < -0.39 is 0 Å². The van der Waals surface area contributed by atoms with E-state index in [2.05, 4.69) is 24.3 Å². The molecule has 0 aliphatic carbocycles. The summed E-state index contributed by atoms with van der Waals surface area (Å²) in [4.78, 5) is 12.1. The normalized spacial score (nSPS) is 11.6. The zero-order chi connectivity index (χ0) is 14.5. The number of carbonyl (C=O) groups excluding carboxylic acids is 1. The molecule has 0 spiro atoms. The van der Waals surface area contributed by atoms with Gasteiger partial charge < -0.3 is 10.4 Å². The van der Waals surface area contributed by atoms with Crippen LogP contribution >= 0.6 is 0 Å². The van der Waals surface area contributed by atoms with Crippen LogP contribution in [0.4, 0.5) is 0 Å². The second-order valence-corrected chi connectivity index (χ2v) is 5.69. The summed E-state index contributed by atoms with van der Waals surface area (Å²) in [5.41, 5.74) is 1.48. The first-order valence-electron chi connectivity index (χ1n) is 6.81. The number of nitrogens with zero attached hydrogens (tertiary/aromatic N) is 2. The molecule has 0 aromatic carbocycles. The van der Waals surface area contributed by atoms with Crippen molar-refractivity contribution in [2.24, 2.45) is 12.5 Å². The van der Waals surface area contributed by atoms with Crippen LogP contribution in [0.1, 0.15) is 49.7 Å². The van der Waals surface area contributed by atoms with Gasteiger partial charge in [0.25, 0.3) is 5.91 Å². The van der Waals surface area contributed by atoms with E-state index in [0.29, 0.717) is 12.1 Å². The van der Waals surface area contributed by atoms with Crippen molar-refractivity contribution < 1.29 is 9.90 Å². The van der Waals surface area contributed by atoms with Crippen molar-refractivity contribution in [1.29, 1.82) is 0 Å². The smallest absolute Gasteiger partial charge is 0.254 e. The fraction of sp³-hybridized carbons (Fsp3) is 0.714. The zero-order valence-corrected chi connectivity index (χ0v) is 12.4. The van der Waals surface area contributed by atoms with E-state index in [1.54, 1.807) is 10.9 Å². The Morgan fingerprint density at radius 2 is 2.21 bits per heavy atom. The molecule has 0 saturated carbocycles. The minimum atomic E-state index is -0.0676. The second-order valence-electron chi connectivity index (χ2n) is 5.69. The highest BCUT2D eigenvalue weighted by Crippen LogP contribution is 2.21. The molecule has 0 bridgehead atoms. The summed E-state index contributed by atoms with van der Waals surface area (Å²) in [6, 6.07) is 0. The van der Waals surface area contributed by atoms with Crippen LogP contribution in [-0.2, 0) is 13.5 Å². The second kappa shape index (κ2) is 6.70. The van der Waals surface area contributed by atoms with Crippen LogP contribution in [0.15, 0.2) is 6.20 Å². The number of aliphatic hydroxyl groups is 1. The van der Waals surface area contributed by atoms with Gasteiger partial charge in [-0.1, -0.05) is 20.8 Å². The van der Waals surface area contributed by atoms with Gasteiger partial charge in [0.05, 0.1) is 11.3 Å². The van der Waals surface area contributed by atoms with Crippen molar-refractivity contribution in [3.63, 3.8) is 0 Å². The van der Waals surface area contributed by atoms with Crippen molar-refractivity contribution in [1.82, 2.24) is 15.1 Å². The van der Waals surface area contributed by atoms with Crippen LogP contribution < -0.4 is 5.32 Å². The fourth-order valence-corrected chi connectivity index (χ4v) is 2.05. The first kappa shape index (κ1) is 15.7. The lowest BCUT2D eigenvalue weighted by Gasteiger charge is -2.24. The van der Waals surface area contributed by atoms with Crippen molar-refractivity contribution >= 4 is 5.91 Å². The number of nitrogens with one attached hydrogen (secondary N) is 1. The summed E-state index contributed by atoms with van der Waals surface area (Å²) in [5.74, 6) is -0.0676. The number of carbonyl (C=O) groups is 1. The van der Waals surface area contributed by atoms with Crippen LogP contribution in [0.3, 0.4) is 0 Å². The molecule has 0 saturated heterocycles. The molecule has 1 heterocycles. The van der Waals surface area contributed by atoms with Gasteiger partial charge in [0.2, 0.25) is 0 Å². The average molecular weight is 267 g/mol. The standard InChI is InChI=1S/C14H25N3O2/c1-5-12-11(9-17(4)16-12)13(19)15-10-14(2,3)7-6-8-18/h9,18H,5-8,10H2,1-4H3,(H,15,19). The topological polar surface area (TPSA) is 67.2 Å². The molecule has 19 heavy (non-hydrogen) atoms.